The normalized spacial score (nSPS) is 15.7. The molecule has 9 nitrogen and oxygen atoms in total. The first kappa shape index (κ1) is 24.9. The van der Waals surface area contributed by atoms with Gasteiger partial charge in [0.15, 0.2) is 5.16 Å². The van der Waals surface area contributed by atoms with Crippen molar-refractivity contribution in [3.63, 3.8) is 0 Å². The molecule has 0 bridgehead atoms. The third-order valence-corrected chi connectivity index (χ3v) is 8.31. The van der Waals surface area contributed by atoms with Crippen LogP contribution in [0, 0.1) is 6.92 Å². The molecular weight excluding hydrogens is 524 g/mol. The summed E-state index contributed by atoms with van der Waals surface area (Å²) in [4.78, 5) is 48.8. The first-order valence-corrected chi connectivity index (χ1v) is 13.7. The Labute approximate surface area is 219 Å². The fourth-order valence-electron chi connectivity index (χ4n) is 4.19. The van der Waals surface area contributed by atoms with E-state index < -0.39 is 5.97 Å². The Morgan fingerprint density at radius 2 is 2.17 bits per heavy atom. The number of hydrogen-bond acceptors (Lipinski definition) is 9. The van der Waals surface area contributed by atoms with Crippen LogP contribution >= 0.6 is 34.7 Å². The second-order valence-electron chi connectivity index (χ2n) is 8.35. The van der Waals surface area contributed by atoms with Crippen molar-refractivity contribution in [1.82, 2.24) is 18.9 Å². The maximum atomic E-state index is 13.7. The van der Waals surface area contributed by atoms with Crippen LogP contribution in [0.5, 0.6) is 0 Å². The van der Waals surface area contributed by atoms with Crippen LogP contribution in [0.15, 0.2) is 39.1 Å². The first-order chi connectivity index (χ1) is 17.4. The monoisotopic (exact) mass is 546 g/mol. The number of pyridine rings is 1. The number of fused-ring (bicyclic) bond motifs is 2. The zero-order valence-corrected chi connectivity index (χ0v) is 22.0. The predicted molar refractivity (Wildman–Crippen MR) is 140 cm³/mol. The molecule has 1 saturated heterocycles. The van der Waals surface area contributed by atoms with E-state index in [1.165, 1.54) is 28.4 Å². The molecule has 5 heterocycles. The van der Waals surface area contributed by atoms with Crippen LogP contribution < -0.4 is 11.1 Å². The Kier molecular flexibility index (Phi) is 7.16. The number of esters is 1. The van der Waals surface area contributed by atoms with Crippen LogP contribution in [0.1, 0.15) is 40.7 Å². The Balaban J connectivity index is 1.54. The maximum absolute atomic E-state index is 13.7. The summed E-state index contributed by atoms with van der Waals surface area (Å²) in [6, 6.07) is 4.81. The SMILES string of the molecule is CCOC(=O)c1sc2nc(SCc3cc(=O)n4cc(Cl)ccc4n3)n(CC3CCCO3)c(=O)c2c1C. The van der Waals surface area contributed by atoms with E-state index in [1.54, 1.807) is 30.5 Å². The molecule has 1 aliphatic rings. The summed E-state index contributed by atoms with van der Waals surface area (Å²) < 4.78 is 14.0. The average Bonchev–Trinajstić information content (AvgIpc) is 3.48. The molecule has 0 aromatic carbocycles. The minimum atomic E-state index is -0.460. The smallest absolute Gasteiger partial charge is 0.348 e. The van der Waals surface area contributed by atoms with Gasteiger partial charge in [-0.3, -0.25) is 18.6 Å². The largest absolute Gasteiger partial charge is 0.462 e. The lowest BCUT2D eigenvalue weighted by Gasteiger charge is -2.16. The van der Waals surface area contributed by atoms with Gasteiger partial charge >= 0.3 is 5.97 Å². The fourth-order valence-corrected chi connectivity index (χ4v) is 6.37. The second-order valence-corrected chi connectivity index (χ2v) is 10.7. The van der Waals surface area contributed by atoms with Crippen molar-refractivity contribution in [3.8, 4) is 0 Å². The Hall–Kier alpha value is -2.73. The summed E-state index contributed by atoms with van der Waals surface area (Å²) in [5.74, 6) is -0.134. The molecule has 1 atom stereocenters. The lowest BCUT2D eigenvalue weighted by atomic mass is 10.2. The van der Waals surface area contributed by atoms with Crippen molar-refractivity contribution in [2.75, 3.05) is 13.2 Å². The lowest BCUT2D eigenvalue weighted by molar-refractivity contribution is 0.0531. The molecule has 188 valence electrons. The summed E-state index contributed by atoms with van der Waals surface area (Å²) in [7, 11) is 0. The quantitative estimate of drug-likeness (QED) is 0.194. The topological polar surface area (TPSA) is 105 Å². The molecule has 4 aromatic rings. The summed E-state index contributed by atoms with van der Waals surface area (Å²) in [6.07, 6.45) is 3.24. The van der Waals surface area contributed by atoms with Gasteiger partial charge in [-0.05, 0) is 44.4 Å². The van der Waals surface area contributed by atoms with Gasteiger partial charge in [-0.2, -0.15) is 0 Å². The van der Waals surface area contributed by atoms with Gasteiger partial charge in [0.25, 0.3) is 11.1 Å². The number of halogens is 1. The van der Waals surface area contributed by atoms with Crippen molar-refractivity contribution < 1.29 is 14.3 Å². The summed E-state index contributed by atoms with van der Waals surface area (Å²) in [5, 5.41) is 1.35. The van der Waals surface area contributed by atoms with E-state index in [-0.39, 0.29) is 23.8 Å². The van der Waals surface area contributed by atoms with E-state index in [0.717, 1.165) is 24.2 Å². The lowest BCUT2D eigenvalue weighted by Crippen LogP contribution is -2.28. The van der Waals surface area contributed by atoms with Gasteiger partial charge in [0.1, 0.15) is 15.4 Å². The predicted octanol–water partition coefficient (Wildman–Crippen LogP) is 4.08. The van der Waals surface area contributed by atoms with Crippen molar-refractivity contribution in [3.05, 3.63) is 66.3 Å². The van der Waals surface area contributed by atoms with Crippen LogP contribution in [0.25, 0.3) is 15.9 Å². The van der Waals surface area contributed by atoms with Crippen LogP contribution in [-0.2, 0) is 21.8 Å². The number of carbonyl (C=O) groups excluding carboxylic acids is 1. The Bertz CT molecular complexity index is 1590. The highest BCUT2D eigenvalue weighted by atomic mass is 35.5. The first-order valence-electron chi connectivity index (χ1n) is 11.5. The zero-order valence-electron chi connectivity index (χ0n) is 19.7. The van der Waals surface area contributed by atoms with Crippen LogP contribution in [0.4, 0.5) is 0 Å². The molecule has 12 heteroatoms. The van der Waals surface area contributed by atoms with Crippen molar-refractivity contribution in [2.45, 2.75) is 50.2 Å². The van der Waals surface area contributed by atoms with Crippen LogP contribution in [0.2, 0.25) is 5.02 Å². The molecule has 0 N–H and O–H groups in total. The molecule has 1 aliphatic heterocycles. The summed E-state index contributed by atoms with van der Waals surface area (Å²) in [6.45, 7) is 4.76. The average molecular weight is 547 g/mol. The molecule has 0 aliphatic carbocycles. The number of nitrogens with zero attached hydrogens (tertiary/aromatic N) is 4. The van der Waals surface area contributed by atoms with E-state index in [2.05, 4.69) is 4.98 Å². The number of thiophene rings is 1. The van der Waals surface area contributed by atoms with Gasteiger partial charge in [-0.1, -0.05) is 23.4 Å². The molecule has 1 fully saturated rings. The number of rotatable bonds is 7. The van der Waals surface area contributed by atoms with E-state index in [1.807, 2.05) is 0 Å². The summed E-state index contributed by atoms with van der Waals surface area (Å²) >= 11 is 8.47. The third kappa shape index (κ3) is 4.80. The van der Waals surface area contributed by atoms with E-state index in [0.29, 0.717) is 61.1 Å². The van der Waals surface area contributed by atoms with E-state index in [9.17, 15) is 14.4 Å². The summed E-state index contributed by atoms with van der Waals surface area (Å²) in [5.41, 5.74) is 1.15. The second kappa shape index (κ2) is 10.3. The fraction of sp³-hybridized carbons (Fsp3) is 0.375. The third-order valence-electron chi connectivity index (χ3n) is 5.91. The maximum Gasteiger partial charge on any atom is 0.348 e. The number of hydrogen-bond donors (Lipinski definition) is 0. The van der Waals surface area contributed by atoms with Gasteiger partial charge in [0.05, 0.1) is 35.4 Å². The van der Waals surface area contributed by atoms with Crippen LogP contribution in [-0.4, -0.2) is 44.2 Å². The van der Waals surface area contributed by atoms with Gasteiger partial charge in [0, 0.05) is 24.6 Å². The molecule has 0 radical (unpaired) electrons. The van der Waals surface area contributed by atoms with Crippen molar-refractivity contribution in [1.29, 1.82) is 0 Å². The number of ether oxygens (including phenoxy) is 2. The highest BCUT2D eigenvalue weighted by Gasteiger charge is 2.25. The molecule has 5 rings (SSSR count). The molecule has 0 amide bonds. The Morgan fingerprint density at radius 1 is 1.33 bits per heavy atom. The molecule has 4 aromatic heterocycles. The van der Waals surface area contributed by atoms with Gasteiger partial charge < -0.3 is 9.47 Å². The van der Waals surface area contributed by atoms with Gasteiger partial charge in [-0.15, -0.1) is 11.3 Å². The number of aryl methyl sites for hydroxylation is 1. The zero-order chi connectivity index (χ0) is 25.4. The molecule has 1 unspecified atom stereocenters. The van der Waals surface area contributed by atoms with Crippen molar-refractivity contribution >= 4 is 56.5 Å². The Morgan fingerprint density at radius 3 is 2.92 bits per heavy atom. The van der Waals surface area contributed by atoms with Gasteiger partial charge in [0.2, 0.25) is 0 Å². The standard InChI is InChI=1S/C24H23ClN4O5S2/c1-3-33-23(32)20-13(2)19-21(36-20)27-24(29(22(19)31)11-16-5-4-8-34-16)35-12-15-9-18(30)28-10-14(25)6-7-17(28)26-15/h6-7,9-10,16H,3-5,8,11-12H2,1-2H3. The number of thioether (sulfide) groups is 1. The highest BCUT2D eigenvalue weighted by Crippen LogP contribution is 2.31. The molecule has 36 heavy (non-hydrogen) atoms. The highest BCUT2D eigenvalue weighted by molar-refractivity contribution is 7.98. The molecule has 0 saturated carbocycles. The molecular formula is C24H23ClN4O5S2. The minimum absolute atomic E-state index is 0.0852. The van der Waals surface area contributed by atoms with Crippen LogP contribution in [0.3, 0.4) is 0 Å². The van der Waals surface area contributed by atoms with Gasteiger partial charge in [-0.25, -0.2) is 14.8 Å². The molecule has 0 spiro atoms. The number of carbonyl (C=O) groups is 1. The number of aromatic nitrogens is 4. The van der Waals surface area contributed by atoms with Crippen molar-refractivity contribution in [2.24, 2.45) is 0 Å². The van der Waals surface area contributed by atoms with E-state index >= 15 is 0 Å². The van der Waals surface area contributed by atoms with E-state index in [4.69, 9.17) is 26.1 Å². The minimum Gasteiger partial charge on any atom is -0.462 e.